The van der Waals surface area contributed by atoms with E-state index in [9.17, 15) is 4.79 Å². The van der Waals surface area contributed by atoms with Gasteiger partial charge in [-0.25, -0.2) is 0 Å². The Morgan fingerprint density at radius 3 is 2.63 bits per heavy atom. The summed E-state index contributed by atoms with van der Waals surface area (Å²) >= 11 is 0. The molecule has 0 aliphatic carbocycles. The average molecular weight is 369 g/mol. The number of ether oxygens (including phenoxy) is 1. The number of nitrogens with one attached hydrogen (secondary N) is 1. The van der Waals surface area contributed by atoms with Crippen LogP contribution in [0, 0.1) is 0 Å². The van der Waals surface area contributed by atoms with Crippen LogP contribution in [0.5, 0.6) is 0 Å². The third-order valence-corrected chi connectivity index (χ3v) is 5.27. The van der Waals surface area contributed by atoms with Crippen molar-refractivity contribution in [3.63, 3.8) is 0 Å². The van der Waals surface area contributed by atoms with E-state index in [0.717, 1.165) is 57.9 Å². The van der Waals surface area contributed by atoms with Crippen molar-refractivity contribution in [2.75, 3.05) is 44.2 Å². The number of rotatable bonds is 6. The van der Waals surface area contributed by atoms with Gasteiger partial charge in [-0.05, 0) is 37.1 Å². The standard InChI is InChI=1S/C21H27N3O3/c25-21(22-15-18-7-4-14-26-18)20-9-8-19(27-20)16-23-10-12-24(13-11-23)17-5-2-1-3-6-17/h1-3,5-6,8-9,18H,4,7,10-16H2,(H,22,25)/t18-/m0/s1. The van der Waals surface area contributed by atoms with Crippen molar-refractivity contribution in [3.05, 3.63) is 54.0 Å². The summed E-state index contributed by atoms with van der Waals surface area (Å²) in [6.45, 7) is 6.05. The lowest BCUT2D eigenvalue weighted by molar-refractivity contribution is 0.0832. The van der Waals surface area contributed by atoms with Crippen molar-refractivity contribution in [1.82, 2.24) is 10.2 Å². The molecule has 2 saturated heterocycles. The van der Waals surface area contributed by atoms with E-state index in [1.165, 1.54) is 5.69 Å². The largest absolute Gasteiger partial charge is 0.455 e. The fourth-order valence-corrected chi connectivity index (χ4v) is 3.71. The molecule has 1 atom stereocenters. The number of carbonyl (C=O) groups excluding carboxylic acids is 1. The monoisotopic (exact) mass is 369 g/mol. The number of para-hydroxylation sites is 1. The Hall–Kier alpha value is -2.31. The molecule has 1 aromatic heterocycles. The number of nitrogens with zero attached hydrogens (tertiary/aromatic N) is 2. The summed E-state index contributed by atoms with van der Waals surface area (Å²) in [6.07, 6.45) is 2.23. The molecule has 0 bridgehead atoms. The minimum Gasteiger partial charge on any atom is -0.455 e. The van der Waals surface area contributed by atoms with E-state index in [1.54, 1.807) is 6.07 Å². The van der Waals surface area contributed by atoms with Gasteiger partial charge in [-0.2, -0.15) is 0 Å². The zero-order valence-corrected chi connectivity index (χ0v) is 15.6. The molecule has 6 nitrogen and oxygen atoms in total. The minimum absolute atomic E-state index is 0.143. The SMILES string of the molecule is O=C(NC[C@@H]1CCCO1)c1ccc(CN2CCN(c3ccccc3)CC2)o1. The molecular formula is C21H27N3O3. The maximum absolute atomic E-state index is 12.2. The number of anilines is 1. The van der Waals surface area contributed by atoms with E-state index >= 15 is 0 Å². The van der Waals surface area contributed by atoms with E-state index in [0.29, 0.717) is 12.3 Å². The van der Waals surface area contributed by atoms with Gasteiger partial charge in [0.1, 0.15) is 5.76 Å². The third-order valence-electron chi connectivity index (χ3n) is 5.27. The van der Waals surface area contributed by atoms with Crippen molar-refractivity contribution in [3.8, 4) is 0 Å². The molecule has 3 heterocycles. The number of hydrogen-bond donors (Lipinski definition) is 1. The highest BCUT2D eigenvalue weighted by molar-refractivity contribution is 5.91. The van der Waals surface area contributed by atoms with Gasteiger partial charge < -0.3 is 19.4 Å². The second-order valence-electron chi connectivity index (χ2n) is 7.21. The van der Waals surface area contributed by atoms with Crippen molar-refractivity contribution in [1.29, 1.82) is 0 Å². The van der Waals surface area contributed by atoms with Gasteiger partial charge in [-0.3, -0.25) is 9.69 Å². The van der Waals surface area contributed by atoms with Gasteiger partial charge in [0.15, 0.2) is 5.76 Å². The van der Waals surface area contributed by atoms with Gasteiger partial charge in [0, 0.05) is 45.0 Å². The highest BCUT2D eigenvalue weighted by atomic mass is 16.5. The predicted octanol–water partition coefficient (Wildman–Crippen LogP) is 2.51. The zero-order valence-electron chi connectivity index (χ0n) is 15.6. The maximum Gasteiger partial charge on any atom is 0.287 e. The van der Waals surface area contributed by atoms with E-state index in [-0.39, 0.29) is 12.0 Å². The van der Waals surface area contributed by atoms with Gasteiger partial charge >= 0.3 is 0 Å². The van der Waals surface area contributed by atoms with Crippen LogP contribution in [-0.4, -0.2) is 56.2 Å². The molecular weight excluding hydrogens is 342 g/mol. The number of amides is 1. The van der Waals surface area contributed by atoms with Crippen LogP contribution in [0.1, 0.15) is 29.2 Å². The Balaban J connectivity index is 1.24. The van der Waals surface area contributed by atoms with Crippen molar-refractivity contribution < 1.29 is 13.9 Å². The molecule has 4 rings (SSSR count). The van der Waals surface area contributed by atoms with Gasteiger partial charge in [0.2, 0.25) is 0 Å². The summed E-state index contributed by atoms with van der Waals surface area (Å²) in [6, 6.07) is 14.2. The van der Waals surface area contributed by atoms with Crippen molar-refractivity contribution in [2.45, 2.75) is 25.5 Å². The zero-order chi connectivity index (χ0) is 18.5. The van der Waals surface area contributed by atoms with Crippen LogP contribution in [0.3, 0.4) is 0 Å². The fraction of sp³-hybridized carbons (Fsp3) is 0.476. The highest BCUT2D eigenvalue weighted by Gasteiger charge is 2.20. The summed E-state index contributed by atoms with van der Waals surface area (Å²) in [5.74, 6) is 1.06. The van der Waals surface area contributed by atoms with Crippen LogP contribution in [0.25, 0.3) is 0 Å². The molecule has 2 aromatic rings. The highest BCUT2D eigenvalue weighted by Crippen LogP contribution is 2.18. The number of carbonyl (C=O) groups is 1. The molecule has 2 fully saturated rings. The Bertz CT molecular complexity index is 732. The van der Waals surface area contributed by atoms with Gasteiger partial charge in [-0.15, -0.1) is 0 Å². The summed E-state index contributed by atoms with van der Waals surface area (Å²) < 4.78 is 11.3. The number of piperazine rings is 1. The van der Waals surface area contributed by atoms with Crippen molar-refractivity contribution >= 4 is 11.6 Å². The second-order valence-corrected chi connectivity index (χ2v) is 7.21. The number of furan rings is 1. The lowest BCUT2D eigenvalue weighted by Gasteiger charge is -2.35. The quantitative estimate of drug-likeness (QED) is 0.848. The molecule has 27 heavy (non-hydrogen) atoms. The Labute approximate surface area is 160 Å². The Morgan fingerprint density at radius 1 is 1.07 bits per heavy atom. The molecule has 1 amide bonds. The molecule has 0 saturated carbocycles. The van der Waals surface area contributed by atoms with Gasteiger partial charge in [0.05, 0.1) is 12.6 Å². The molecule has 2 aliphatic heterocycles. The third kappa shape index (κ3) is 4.70. The smallest absolute Gasteiger partial charge is 0.287 e. The lowest BCUT2D eigenvalue weighted by atomic mass is 10.2. The first-order chi connectivity index (χ1) is 13.3. The minimum atomic E-state index is -0.161. The first-order valence-electron chi connectivity index (χ1n) is 9.79. The molecule has 6 heteroatoms. The Morgan fingerprint density at radius 2 is 1.89 bits per heavy atom. The summed E-state index contributed by atoms with van der Waals surface area (Å²) in [5.41, 5.74) is 1.28. The van der Waals surface area contributed by atoms with Crippen LogP contribution >= 0.6 is 0 Å². The fourth-order valence-electron chi connectivity index (χ4n) is 3.71. The van der Waals surface area contributed by atoms with Crippen LogP contribution in [0.15, 0.2) is 46.9 Å². The van der Waals surface area contributed by atoms with Gasteiger partial charge in [-0.1, -0.05) is 18.2 Å². The van der Waals surface area contributed by atoms with Crippen molar-refractivity contribution in [2.24, 2.45) is 0 Å². The van der Waals surface area contributed by atoms with Crippen LogP contribution < -0.4 is 10.2 Å². The van der Waals surface area contributed by atoms with E-state index in [1.807, 2.05) is 12.1 Å². The van der Waals surface area contributed by atoms with E-state index in [2.05, 4.69) is 39.4 Å². The molecule has 0 unspecified atom stereocenters. The lowest BCUT2D eigenvalue weighted by Crippen LogP contribution is -2.45. The maximum atomic E-state index is 12.2. The molecule has 1 aromatic carbocycles. The first-order valence-corrected chi connectivity index (χ1v) is 9.79. The molecule has 144 valence electrons. The van der Waals surface area contributed by atoms with Crippen LogP contribution in [-0.2, 0) is 11.3 Å². The number of benzene rings is 1. The normalized spacial score (nSPS) is 20.7. The summed E-state index contributed by atoms with van der Waals surface area (Å²) in [5, 5.41) is 2.90. The average Bonchev–Trinajstić information content (AvgIpc) is 3.40. The first kappa shape index (κ1) is 18.1. The summed E-state index contributed by atoms with van der Waals surface area (Å²) in [7, 11) is 0. The Kier molecular flexibility index (Phi) is 5.75. The van der Waals surface area contributed by atoms with Crippen LogP contribution in [0.2, 0.25) is 0 Å². The molecule has 1 N–H and O–H groups in total. The van der Waals surface area contributed by atoms with Gasteiger partial charge in [0.25, 0.3) is 5.91 Å². The molecule has 0 radical (unpaired) electrons. The van der Waals surface area contributed by atoms with E-state index < -0.39 is 0 Å². The topological polar surface area (TPSA) is 58.0 Å². The predicted molar refractivity (Wildman–Crippen MR) is 104 cm³/mol. The summed E-state index contributed by atoms with van der Waals surface area (Å²) in [4.78, 5) is 17.0. The molecule has 2 aliphatic rings. The second kappa shape index (κ2) is 8.59. The van der Waals surface area contributed by atoms with E-state index in [4.69, 9.17) is 9.15 Å². The van der Waals surface area contributed by atoms with Crippen LogP contribution in [0.4, 0.5) is 5.69 Å². The molecule has 0 spiro atoms. The number of hydrogen-bond acceptors (Lipinski definition) is 5.